The number of benzene rings is 1. The first-order chi connectivity index (χ1) is 9.91. The molecule has 0 amide bonds. The maximum absolute atomic E-state index is 6.35. The fourth-order valence-electron chi connectivity index (χ4n) is 3.04. The molecule has 1 aromatic rings. The van der Waals surface area contributed by atoms with Crippen LogP contribution in [0.4, 0.5) is 0 Å². The van der Waals surface area contributed by atoms with Crippen molar-refractivity contribution in [1.82, 2.24) is 0 Å². The first kappa shape index (κ1) is 16.3. The van der Waals surface area contributed by atoms with Gasteiger partial charge in [0, 0.05) is 6.04 Å². The first-order valence-electron chi connectivity index (χ1n) is 7.96. The Morgan fingerprint density at radius 1 is 1.24 bits per heavy atom. The molecule has 1 fully saturated rings. The largest absolute Gasteiger partial charge is 0.497 e. The summed E-state index contributed by atoms with van der Waals surface area (Å²) in [6.07, 6.45) is 4.95. The smallest absolute Gasteiger partial charge is 0.119 e. The Bertz CT molecular complexity index is 446. The van der Waals surface area contributed by atoms with E-state index < -0.39 is 0 Å². The zero-order valence-electron chi connectivity index (χ0n) is 13.8. The average molecular weight is 291 g/mol. The summed E-state index contributed by atoms with van der Waals surface area (Å²) in [4.78, 5) is 0. The summed E-state index contributed by atoms with van der Waals surface area (Å²) in [5.41, 5.74) is 7.73. The summed E-state index contributed by atoms with van der Waals surface area (Å²) in [6.45, 7) is 6.69. The van der Waals surface area contributed by atoms with Crippen LogP contribution in [0.1, 0.15) is 58.1 Å². The predicted molar refractivity (Wildman–Crippen MR) is 86.5 cm³/mol. The molecule has 1 saturated carbocycles. The van der Waals surface area contributed by atoms with Crippen molar-refractivity contribution in [3.8, 4) is 5.75 Å². The zero-order chi connectivity index (χ0) is 15.5. The van der Waals surface area contributed by atoms with E-state index in [0.717, 1.165) is 24.2 Å². The van der Waals surface area contributed by atoms with Gasteiger partial charge in [-0.25, -0.2) is 0 Å². The first-order valence-corrected chi connectivity index (χ1v) is 7.96. The zero-order valence-corrected chi connectivity index (χ0v) is 13.8. The van der Waals surface area contributed by atoms with Crippen LogP contribution in [0.15, 0.2) is 24.3 Å². The van der Waals surface area contributed by atoms with E-state index >= 15 is 0 Å². The third-order valence-corrected chi connectivity index (χ3v) is 4.53. The lowest BCUT2D eigenvalue weighted by Gasteiger charge is -2.36. The Morgan fingerprint density at radius 2 is 1.90 bits per heavy atom. The van der Waals surface area contributed by atoms with Crippen molar-refractivity contribution in [3.63, 3.8) is 0 Å². The quantitative estimate of drug-likeness (QED) is 0.889. The van der Waals surface area contributed by atoms with E-state index in [4.69, 9.17) is 15.2 Å². The highest BCUT2D eigenvalue weighted by Gasteiger charge is 2.30. The highest BCUT2D eigenvalue weighted by molar-refractivity contribution is 5.30. The average Bonchev–Trinajstić information content (AvgIpc) is 2.46. The maximum atomic E-state index is 6.35. The summed E-state index contributed by atoms with van der Waals surface area (Å²) < 4.78 is 11.7. The van der Waals surface area contributed by atoms with Gasteiger partial charge in [0.2, 0.25) is 0 Å². The fraction of sp³-hybridized carbons (Fsp3) is 0.667. The van der Waals surface area contributed by atoms with Crippen LogP contribution in [0, 0.1) is 5.41 Å². The van der Waals surface area contributed by atoms with Gasteiger partial charge in [0.25, 0.3) is 0 Å². The van der Waals surface area contributed by atoms with E-state index in [-0.39, 0.29) is 12.1 Å². The van der Waals surface area contributed by atoms with E-state index in [0.29, 0.717) is 11.5 Å². The van der Waals surface area contributed by atoms with Gasteiger partial charge in [-0.2, -0.15) is 0 Å². The van der Waals surface area contributed by atoms with Crippen molar-refractivity contribution in [3.05, 3.63) is 29.8 Å². The van der Waals surface area contributed by atoms with Gasteiger partial charge in [-0.15, -0.1) is 0 Å². The van der Waals surface area contributed by atoms with Crippen LogP contribution >= 0.6 is 0 Å². The molecule has 0 bridgehead atoms. The summed E-state index contributed by atoms with van der Waals surface area (Å²) in [6, 6.07) is 8.01. The van der Waals surface area contributed by atoms with Gasteiger partial charge in [-0.1, -0.05) is 26.0 Å². The van der Waals surface area contributed by atoms with E-state index in [2.05, 4.69) is 19.9 Å². The van der Waals surface area contributed by atoms with Gasteiger partial charge in [-0.3, -0.25) is 0 Å². The van der Waals surface area contributed by atoms with E-state index in [9.17, 15) is 0 Å². The number of ether oxygens (including phenoxy) is 2. The molecule has 2 rings (SSSR count). The minimum absolute atomic E-state index is 0.0351. The molecular weight excluding hydrogens is 262 g/mol. The second-order valence-electron chi connectivity index (χ2n) is 7.06. The number of nitrogens with two attached hydrogens (primary N) is 1. The van der Waals surface area contributed by atoms with Crippen LogP contribution in [0.3, 0.4) is 0 Å². The summed E-state index contributed by atoms with van der Waals surface area (Å²) >= 11 is 0. The molecule has 1 aromatic carbocycles. The summed E-state index contributed by atoms with van der Waals surface area (Å²) in [5, 5.41) is 0. The van der Waals surface area contributed by atoms with Crippen molar-refractivity contribution >= 4 is 0 Å². The predicted octanol–water partition coefficient (Wildman–Crippen LogP) is 4.07. The van der Waals surface area contributed by atoms with Crippen molar-refractivity contribution < 1.29 is 9.47 Å². The van der Waals surface area contributed by atoms with Crippen molar-refractivity contribution in [2.24, 2.45) is 11.1 Å². The van der Waals surface area contributed by atoms with Crippen LogP contribution in [0.25, 0.3) is 0 Å². The second-order valence-corrected chi connectivity index (χ2v) is 7.06. The maximum Gasteiger partial charge on any atom is 0.119 e. The van der Waals surface area contributed by atoms with Crippen LogP contribution in [-0.2, 0) is 4.74 Å². The molecule has 1 aliphatic carbocycles. The van der Waals surface area contributed by atoms with Gasteiger partial charge < -0.3 is 15.2 Å². The van der Waals surface area contributed by atoms with E-state index in [1.54, 1.807) is 7.11 Å². The lowest BCUT2D eigenvalue weighted by Crippen LogP contribution is -2.33. The Balaban J connectivity index is 2.06. The molecule has 0 aromatic heterocycles. The van der Waals surface area contributed by atoms with Crippen LogP contribution in [-0.4, -0.2) is 19.3 Å². The Kier molecular flexibility index (Phi) is 5.28. The monoisotopic (exact) mass is 291 g/mol. The molecule has 118 valence electrons. The fourth-order valence-corrected chi connectivity index (χ4v) is 3.04. The Morgan fingerprint density at radius 3 is 2.48 bits per heavy atom. The van der Waals surface area contributed by atoms with Gasteiger partial charge in [0.1, 0.15) is 5.75 Å². The van der Waals surface area contributed by atoms with Crippen LogP contribution < -0.4 is 10.5 Å². The molecule has 2 N–H and O–H groups in total. The third kappa shape index (κ3) is 4.45. The van der Waals surface area contributed by atoms with Gasteiger partial charge in [0.05, 0.1) is 19.3 Å². The lowest BCUT2D eigenvalue weighted by molar-refractivity contribution is -0.0549. The molecule has 3 nitrogen and oxygen atoms in total. The highest BCUT2D eigenvalue weighted by atomic mass is 16.5. The number of hydrogen-bond acceptors (Lipinski definition) is 3. The third-order valence-electron chi connectivity index (χ3n) is 4.53. The standard InChI is InChI=1S/C18H29NO2/c1-13(19)17(14-6-5-7-16(12-14)20-4)21-15-8-10-18(2,3)11-9-15/h5-7,12-13,15,17H,8-11,19H2,1-4H3. The van der Waals surface area contributed by atoms with Crippen molar-refractivity contribution in [2.75, 3.05) is 7.11 Å². The number of rotatable bonds is 5. The molecule has 1 aliphatic rings. The summed E-state index contributed by atoms with van der Waals surface area (Å²) in [5.74, 6) is 0.853. The molecule has 0 radical (unpaired) electrons. The molecule has 2 atom stereocenters. The molecule has 0 spiro atoms. The topological polar surface area (TPSA) is 44.5 Å². The molecular formula is C18H29NO2. The number of methoxy groups -OCH3 is 1. The van der Waals surface area contributed by atoms with Gasteiger partial charge in [-0.05, 0) is 55.7 Å². The van der Waals surface area contributed by atoms with Crippen molar-refractivity contribution in [2.45, 2.75) is 64.7 Å². The molecule has 21 heavy (non-hydrogen) atoms. The van der Waals surface area contributed by atoms with Crippen LogP contribution in [0.2, 0.25) is 0 Å². The molecule has 0 saturated heterocycles. The SMILES string of the molecule is COc1cccc(C(OC2CCC(C)(C)CC2)C(C)N)c1. The molecule has 0 aliphatic heterocycles. The second kappa shape index (κ2) is 6.80. The molecule has 2 unspecified atom stereocenters. The minimum atomic E-state index is -0.0636. The number of hydrogen-bond donors (Lipinski definition) is 1. The molecule has 0 heterocycles. The van der Waals surface area contributed by atoms with E-state index in [1.807, 2.05) is 25.1 Å². The Hall–Kier alpha value is -1.06. The van der Waals surface area contributed by atoms with Crippen molar-refractivity contribution in [1.29, 1.82) is 0 Å². The normalized spacial score (nSPS) is 21.8. The Labute approximate surface area is 128 Å². The minimum Gasteiger partial charge on any atom is -0.497 e. The van der Waals surface area contributed by atoms with E-state index in [1.165, 1.54) is 12.8 Å². The van der Waals surface area contributed by atoms with Gasteiger partial charge >= 0.3 is 0 Å². The lowest BCUT2D eigenvalue weighted by atomic mass is 9.76. The summed E-state index contributed by atoms with van der Waals surface area (Å²) in [7, 11) is 1.68. The molecule has 3 heteroatoms. The highest BCUT2D eigenvalue weighted by Crippen LogP contribution is 2.38. The van der Waals surface area contributed by atoms with Crippen LogP contribution in [0.5, 0.6) is 5.75 Å². The van der Waals surface area contributed by atoms with Gasteiger partial charge in [0.15, 0.2) is 0 Å².